The summed E-state index contributed by atoms with van der Waals surface area (Å²) in [5.41, 5.74) is 1.63. The van der Waals surface area contributed by atoms with E-state index in [0.29, 0.717) is 12.2 Å². The first-order valence-corrected chi connectivity index (χ1v) is 7.80. The van der Waals surface area contributed by atoms with Crippen LogP contribution in [0.5, 0.6) is 5.75 Å². The highest BCUT2D eigenvalue weighted by molar-refractivity contribution is 7.87. The SMILES string of the molecule is C=CCNc1[c]ccc(OS(=O)(=O)c2ccc(C)cc2)c1. The van der Waals surface area contributed by atoms with Crippen LogP contribution >= 0.6 is 0 Å². The van der Waals surface area contributed by atoms with Crippen LogP contribution in [0.1, 0.15) is 5.56 Å². The highest BCUT2D eigenvalue weighted by Crippen LogP contribution is 2.21. The number of benzene rings is 2. The molecule has 0 saturated heterocycles. The quantitative estimate of drug-likeness (QED) is 0.658. The lowest BCUT2D eigenvalue weighted by molar-refractivity contribution is 0.486. The fraction of sp³-hybridized carbons (Fsp3) is 0.125. The Morgan fingerprint density at radius 1 is 1.29 bits per heavy atom. The molecule has 109 valence electrons. The Morgan fingerprint density at radius 2 is 2.00 bits per heavy atom. The highest BCUT2D eigenvalue weighted by Gasteiger charge is 2.16. The Hall–Kier alpha value is -2.27. The predicted octanol–water partition coefficient (Wildman–Crippen LogP) is 3.16. The first-order chi connectivity index (χ1) is 10.0. The first-order valence-electron chi connectivity index (χ1n) is 6.39. The third-order valence-electron chi connectivity index (χ3n) is 2.73. The maximum Gasteiger partial charge on any atom is 0.339 e. The van der Waals surface area contributed by atoms with Crippen LogP contribution in [0, 0.1) is 13.0 Å². The molecule has 21 heavy (non-hydrogen) atoms. The molecule has 0 aliphatic heterocycles. The number of hydrogen-bond donors (Lipinski definition) is 1. The average Bonchev–Trinajstić information content (AvgIpc) is 2.45. The summed E-state index contributed by atoms with van der Waals surface area (Å²) in [6.45, 7) is 6.05. The van der Waals surface area contributed by atoms with Gasteiger partial charge in [0.05, 0.1) is 0 Å². The van der Waals surface area contributed by atoms with Crippen LogP contribution in [0.2, 0.25) is 0 Å². The van der Waals surface area contributed by atoms with Gasteiger partial charge < -0.3 is 9.50 Å². The van der Waals surface area contributed by atoms with Gasteiger partial charge in [0.15, 0.2) is 0 Å². The molecular weight excluding hydrogens is 286 g/mol. The van der Waals surface area contributed by atoms with Crippen LogP contribution in [0.25, 0.3) is 0 Å². The second-order valence-electron chi connectivity index (χ2n) is 4.46. The number of nitrogens with one attached hydrogen (secondary N) is 1. The smallest absolute Gasteiger partial charge is 0.339 e. The van der Waals surface area contributed by atoms with E-state index >= 15 is 0 Å². The fourth-order valence-corrected chi connectivity index (χ4v) is 2.58. The number of hydrogen-bond acceptors (Lipinski definition) is 4. The molecular formula is C16H16NO3S. The van der Waals surface area contributed by atoms with Gasteiger partial charge in [-0.3, -0.25) is 0 Å². The Kier molecular flexibility index (Phi) is 4.65. The molecule has 1 N–H and O–H groups in total. The van der Waals surface area contributed by atoms with Crippen LogP contribution < -0.4 is 9.50 Å². The normalized spacial score (nSPS) is 10.9. The zero-order valence-corrected chi connectivity index (χ0v) is 12.5. The molecule has 5 heteroatoms. The maximum absolute atomic E-state index is 12.2. The molecule has 0 unspecified atom stereocenters. The van der Waals surface area contributed by atoms with Crippen molar-refractivity contribution in [2.45, 2.75) is 11.8 Å². The first kappa shape index (κ1) is 15.1. The monoisotopic (exact) mass is 302 g/mol. The van der Waals surface area contributed by atoms with Crippen LogP contribution in [-0.4, -0.2) is 15.0 Å². The molecule has 0 bridgehead atoms. The van der Waals surface area contributed by atoms with Gasteiger partial charge in [-0.2, -0.15) is 8.42 Å². The van der Waals surface area contributed by atoms with Gasteiger partial charge in [-0.1, -0.05) is 23.8 Å². The van der Waals surface area contributed by atoms with Crippen molar-refractivity contribution < 1.29 is 12.6 Å². The summed E-state index contributed by atoms with van der Waals surface area (Å²) in [5, 5.41) is 3.02. The van der Waals surface area contributed by atoms with Gasteiger partial charge in [-0.25, -0.2) is 0 Å². The van der Waals surface area contributed by atoms with Crippen molar-refractivity contribution in [2.24, 2.45) is 0 Å². The zero-order valence-electron chi connectivity index (χ0n) is 11.7. The number of aryl methyl sites for hydroxylation is 1. The number of anilines is 1. The van der Waals surface area contributed by atoms with Crippen molar-refractivity contribution in [1.82, 2.24) is 0 Å². The average molecular weight is 302 g/mol. The van der Waals surface area contributed by atoms with Gasteiger partial charge in [-0.05, 0) is 31.2 Å². The predicted molar refractivity (Wildman–Crippen MR) is 83.0 cm³/mol. The summed E-state index contributed by atoms with van der Waals surface area (Å²) in [4.78, 5) is 0.126. The van der Waals surface area contributed by atoms with E-state index < -0.39 is 10.1 Å². The minimum absolute atomic E-state index is 0.126. The summed E-state index contributed by atoms with van der Waals surface area (Å²) >= 11 is 0. The van der Waals surface area contributed by atoms with Crippen molar-refractivity contribution in [2.75, 3.05) is 11.9 Å². The lowest BCUT2D eigenvalue weighted by Gasteiger charge is -2.09. The molecule has 2 aromatic carbocycles. The maximum atomic E-state index is 12.2. The van der Waals surface area contributed by atoms with E-state index in [0.717, 1.165) is 5.56 Å². The summed E-state index contributed by atoms with van der Waals surface area (Å²) in [6, 6.07) is 14.2. The van der Waals surface area contributed by atoms with E-state index in [1.165, 1.54) is 12.1 Å². The van der Waals surface area contributed by atoms with E-state index in [9.17, 15) is 8.42 Å². The van der Waals surface area contributed by atoms with Gasteiger partial charge in [0.1, 0.15) is 10.6 Å². The van der Waals surface area contributed by atoms with Crippen molar-refractivity contribution >= 4 is 15.8 Å². The lowest BCUT2D eigenvalue weighted by Crippen LogP contribution is -2.10. The second kappa shape index (κ2) is 6.45. The van der Waals surface area contributed by atoms with Crippen molar-refractivity contribution in [3.8, 4) is 5.75 Å². The Labute approximate surface area is 125 Å². The molecule has 1 radical (unpaired) electrons. The van der Waals surface area contributed by atoms with E-state index in [-0.39, 0.29) is 10.6 Å². The molecule has 0 heterocycles. The molecule has 2 aromatic rings. The van der Waals surface area contributed by atoms with Crippen LogP contribution in [0.4, 0.5) is 5.69 Å². The summed E-state index contributed by atoms with van der Waals surface area (Å²) in [5.74, 6) is 0.237. The van der Waals surface area contributed by atoms with E-state index in [1.807, 2.05) is 6.92 Å². The lowest BCUT2D eigenvalue weighted by atomic mass is 10.2. The largest absolute Gasteiger partial charge is 0.381 e. The standard InChI is InChI=1S/C16H16NO3S/c1-3-11-17-14-5-4-6-15(12-14)20-21(18,19)16-9-7-13(2)8-10-16/h3-4,6-10,12,17H,1,11H2,2H3. The summed E-state index contributed by atoms with van der Waals surface area (Å²) in [6.07, 6.45) is 1.70. The van der Waals surface area contributed by atoms with Gasteiger partial charge in [0.2, 0.25) is 0 Å². The second-order valence-corrected chi connectivity index (χ2v) is 6.00. The number of rotatable bonds is 6. The topological polar surface area (TPSA) is 55.4 Å². The van der Waals surface area contributed by atoms with E-state index in [4.69, 9.17) is 4.18 Å². The highest BCUT2D eigenvalue weighted by atomic mass is 32.2. The summed E-state index contributed by atoms with van der Waals surface area (Å²) in [7, 11) is -3.83. The van der Waals surface area contributed by atoms with Gasteiger partial charge >= 0.3 is 10.1 Å². The minimum Gasteiger partial charge on any atom is -0.381 e. The van der Waals surface area contributed by atoms with Crippen molar-refractivity contribution in [3.63, 3.8) is 0 Å². The molecule has 0 atom stereocenters. The Bertz CT molecular complexity index is 721. The molecule has 0 aromatic heterocycles. The van der Waals surface area contributed by atoms with Gasteiger partial charge in [-0.15, -0.1) is 6.58 Å². The molecule has 0 spiro atoms. The molecule has 4 nitrogen and oxygen atoms in total. The molecule has 2 rings (SSSR count). The van der Waals surface area contributed by atoms with Crippen LogP contribution in [0.3, 0.4) is 0 Å². The minimum atomic E-state index is -3.83. The van der Waals surface area contributed by atoms with E-state index in [1.54, 1.807) is 36.4 Å². The third kappa shape index (κ3) is 4.10. The molecule has 0 aliphatic rings. The van der Waals surface area contributed by atoms with Crippen LogP contribution in [0.15, 0.2) is 60.0 Å². The Balaban J connectivity index is 2.20. The van der Waals surface area contributed by atoms with Crippen molar-refractivity contribution in [3.05, 3.63) is 66.7 Å². The van der Waals surface area contributed by atoms with Gasteiger partial charge in [0.25, 0.3) is 0 Å². The van der Waals surface area contributed by atoms with Crippen LogP contribution in [-0.2, 0) is 10.1 Å². The van der Waals surface area contributed by atoms with Gasteiger partial charge in [0, 0.05) is 24.4 Å². The Morgan fingerprint density at radius 3 is 2.67 bits per heavy atom. The van der Waals surface area contributed by atoms with E-state index in [2.05, 4.69) is 18.0 Å². The van der Waals surface area contributed by atoms with Crippen molar-refractivity contribution in [1.29, 1.82) is 0 Å². The molecule has 0 aliphatic carbocycles. The molecule has 0 fully saturated rings. The third-order valence-corrected chi connectivity index (χ3v) is 3.99. The molecule has 0 amide bonds. The fourth-order valence-electron chi connectivity index (χ4n) is 1.66. The summed E-state index contributed by atoms with van der Waals surface area (Å²) < 4.78 is 29.5. The molecule has 0 saturated carbocycles. The zero-order chi connectivity index (χ0) is 15.3.